The fraction of sp³-hybridized carbons (Fsp3) is 0.750. The van der Waals surface area contributed by atoms with Gasteiger partial charge in [0, 0.05) is 0 Å². The van der Waals surface area contributed by atoms with E-state index in [9.17, 15) is 9.59 Å². The van der Waals surface area contributed by atoms with Gasteiger partial charge in [-0.05, 0) is 50.7 Å². The second-order valence-electron chi connectivity index (χ2n) is 12.7. The summed E-state index contributed by atoms with van der Waals surface area (Å²) in [4.78, 5) is 26.5. The van der Waals surface area contributed by atoms with Crippen LogP contribution >= 0.6 is 0 Å². The third kappa shape index (κ3) is 6.21. The van der Waals surface area contributed by atoms with E-state index in [1.807, 2.05) is 42.3 Å². The van der Waals surface area contributed by atoms with Gasteiger partial charge in [0.25, 0.3) is 5.91 Å². The monoisotopic (exact) mass is 525 g/mol. The van der Waals surface area contributed by atoms with E-state index >= 15 is 0 Å². The van der Waals surface area contributed by atoms with Crippen LogP contribution in [0.15, 0.2) is 30.3 Å². The number of carbonyl (C=O) groups is 2. The van der Waals surface area contributed by atoms with E-state index in [0.29, 0.717) is 12.5 Å². The topological polar surface area (TPSA) is 70.7 Å². The SMILES string of the molecule is CCCCCCCCCCCCC1(OCC2(C)CN(c3ccccc3)NC2=O)C(=O)NC12CCCC(C)C2. The summed E-state index contributed by atoms with van der Waals surface area (Å²) in [5.74, 6) is 0.560. The van der Waals surface area contributed by atoms with Gasteiger partial charge >= 0.3 is 0 Å². The Morgan fingerprint density at radius 3 is 2.24 bits per heavy atom. The molecule has 6 heteroatoms. The molecule has 1 aromatic carbocycles. The molecule has 4 rings (SSSR count). The van der Waals surface area contributed by atoms with Gasteiger partial charge < -0.3 is 10.1 Å². The van der Waals surface area contributed by atoms with Gasteiger partial charge in [0.1, 0.15) is 0 Å². The molecule has 1 saturated carbocycles. The first kappa shape index (κ1) is 28.9. The second-order valence-corrected chi connectivity index (χ2v) is 12.7. The number of amides is 2. The largest absolute Gasteiger partial charge is 0.361 e. The molecule has 1 aliphatic carbocycles. The van der Waals surface area contributed by atoms with Crippen LogP contribution in [0.3, 0.4) is 0 Å². The van der Waals surface area contributed by atoms with E-state index in [1.165, 1.54) is 57.8 Å². The Hall–Kier alpha value is -2.08. The van der Waals surface area contributed by atoms with Gasteiger partial charge in [0.05, 0.1) is 29.8 Å². The lowest BCUT2D eigenvalue weighted by Crippen LogP contribution is -2.83. The number of carbonyl (C=O) groups excluding carboxylic acids is 2. The first-order valence-electron chi connectivity index (χ1n) is 15.4. The predicted molar refractivity (Wildman–Crippen MR) is 154 cm³/mol. The highest BCUT2D eigenvalue weighted by atomic mass is 16.5. The fourth-order valence-electron chi connectivity index (χ4n) is 6.97. The minimum absolute atomic E-state index is 0.0319. The van der Waals surface area contributed by atoms with Gasteiger partial charge in [-0.1, -0.05) is 103 Å². The summed E-state index contributed by atoms with van der Waals surface area (Å²) in [7, 11) is 0. The van der Waals surface area contributed by atoms with Crippen LogP contribution in [-0.4, -0.2) is 36.1 Å². The van der Waals surface area contributed by atoms with Crippen molar-refractivity contribution in [2.75, 3.05) is 18.2 Å². The number of nitrogens with zero attached hydrogens (tertiary/aromatic N) is 1. The normalized spacial score (nSPS) is 30.8. The Balaban J connectivity index is 1.36. The molecule has 2 amide bonds. The van der Waals surface area contributed by atoms with Crippen LogP contribution < -0.4 is 15.8 Å². The molecule has 4 atom stereocenters. The highest BCUT2D eigenvalue weighted by Gasteiger charge is 2.67. The zero-order valence-electron chi connectivity index (χ0n) is 24.2. The molecule has 0 aromatic heterocycles. The maximum Gasteiger partial charge on any atom is 0.255 e. The average molecular weight is 526 g/mol. The van der Waals surface area contributed by atoms with Crippen molar-refractivity contribution < 1.29 is 14.3 Å². The molecule has 212 valence electrons. The molecule has 3 fully saturated rings. The summed E-state index contributed by atoms with van der Waals surface area (Å²) in [6.45, 7) is 7.30. The fourth-order valence-corrected chi connectivity index (χ4v) is 6.97. The van der Waals surface area contributed by atoms with Crippen molar-refractivity contribution in [1.29, 1.82) is 0 Å². The Bertz CT molecular complexity index is 924. The van der Waals surface area contributed by atoms with E-state index in [1.54, 1.807) is 0 Å². The number of nitrogens with one attached hydrogen (secondary N) is 2. The number of β-lactam (4-membered cyclic amide) rings is 1. The Morgan fingerprint density at radius 1 is 0.947 bits per heavy atom. The smallest absolute Gasteiger partial charge is 0.255 e. The van der Waals surface area contributed by atoms with Crippen molar-refractivity contribution in [1.82, 2.24) is 10.7 Å². The second kappa shape index (κ2) is 12.8. The Kier molecular flexibility index (Phi) is 9.78. The number of rotatable bonds is 15. The molecule has 2 saturated heterocycles. The van der Waals surface area contributed by atoms with Gasteiger partial charge in [-0.3, -0.25) is 20.0 Å². The minimum atomic E-state index is -0.814. The predicted octanol–water partition coefficient (Wildman–Crippen LogP) is 6.69. The third-order valence-electron chi connectivity index (χ3n) is 9.37. The van der Waals surface area contributed by atoms with Crippen LogP contribution in [0.4, 0.5) is 5.69 Å². The van der Waals surface area contributed by atoms with Gasteiger partial charge in [-0.25, -0.2) is 0 Å². The third-order valence-corrected chi connectivity index (χ3v) is 9.37. The van der Waals surface area contributed by atoms with Crippen LogP contribution in [0.25, 0.3) is 0 Å². The van der Waals surface area contributed by atoms with Crippen LogP contribution in [0, 0.1) is 11.3 Å². The van der Waals surface area contributed by atoms with Crippen molar-refractivity contribution in [2.24, 2.45) is 11.3 Å². The molecule has 38 heavy (non-hydrogen) atoms. The van der Waals surface area contributed by atoms with Crippen LogP contribution in [0.5, 0.6) is 0 Å². The molecule has 1 spiro atoms. The van der Waals surface area contributed by atoms with Crippen molar-refractivity contribution in [2.45, 2.75) is 128 Å². The van der Waals surface area contributed by atoms with Crippen LogP contribution in [0.1, 0.15) is 117 Å². The molecule has 0 bridgehead atoms. The first-order valence-corrected chi connectivity index (χ1v) is 15.4. The van der Waals surface area contributed by atoms with Crippen molar-refractivity contribution >= 4 is 17.5 Å². The summed E-state index contributed by atoms with van der Waals surface area (Å²) in [5, 5.41) is 5.23. The van der Waals surface area contributed by atoms with Gasteiger partial charge in [-0.2, -0.15) is 0 Å². The summed E-state index contributed by atoms with van der Waals surface area (Å²) in [5.41, 5.74) is 2.17. The summed E-state index contributed by atoms with van der Waals surface area (Å²) in [6.07, 6.45) is 17.7. The van der Waals surface area contributed by atoms with Crippen molar-refractivity contribution in [3.8, 4) is 0 Å². The zero-order chi connectivity index (χ0) is 27.1. The average Bonchev–Trinajstić information content (AvgIpc) is 3.21. The highest BCUT2D eigenvalue weighted by molar-refractivity contribution is 5.95. The van der Waals surface area contributed by atoms with Gasteiger partial charge in [0.15, 0.2) is 5.60 Å². The lowest BCUT2D eigenvalue weighted by Gasteiger charge is -2.61. The zero-order valence-corrected chi connectivity index (χ0v) is 24.2. The molecular formula is C32H51N3O3. The Labute approximate surface area is 230 Å². The number of hydrazine groups is 1. The molecule has 2 heterocycles. The van der Waals surface area contributed by atoms with Crippen molar-refractivity contribution in [3.05, 3.63) is 30.3 Å². The number of benzene rings is 1. The van der Waals surface area contributed by atoms with Gasteiger partial charge in [0.2, 0.25) is 5.91 Å². The summed E-state index contributed by atoms with van der Waals surface area (Å²) in [6, 6.07) is 9.92. The molecular weight excluding hydrogens is 474 g/mol. The molecule has 0 radical (unpaired) electrons. The molecule has 6 nitrogen and oxygen atoms in total. The number of para-hydroxylation sites is 1. The number of anilines is 1. The lowest BCUT2D eigenvalue weighted by atomic mass is 9.59. The number of hydrogen-bond acceptors (Lipinski definition) is 4. The van der Waals surface area contributed by atoms with E-state index in [2.05, 4.69) is 24.6 Å². The molecule has 3 aliphatic rings. The minimum Gasteiger partial charge on any atom is -0.361 e. The van der Waals surface area contributed by atoms with Crippen LogP contribution in [0.2, 0.25) is 0 Å². The van der Waals surface area contributed by atoms with E-state index < -0.39 is 11.0 Å². The quantitative estimate of drug-likeness (QED) is 0.198. The summed E-state index contributed by atoms with van der Waals surface area (Å²) < 4.78 is 6.74. The summed E-state index contributed by atoms with van der Waals surface area (Å²) >= 11 is 0. The van der Waals surface area contributed by atoms with E-state index in [-0.39, 0.29) is 24.0 Å². The standard InChI is InChI=1S/C32H51N3O3/c1-4-5-6-7-8-9-10-11-12-16-22-32(29(37)33-31(32)21-17-18-26(2)23-31)38-25-30(3)24-35(34-28(30)36)27-19-14-13-15-20-27/h13-15,19-20,26H,4-12,16-18,21-25H2,1-3H3,(H,33,37)(H,34,36). The van der Waals surface area contributed by atoms with E-state index in [4.69, 9.17) is 4.74 Å². The van der Waals surface area contributed by atoms with E-state index in [0.717, 1.165) is 44.2 Å². The van der Waals surface area contributed by atoms with Crippen LogP contribution in [-0.2, 0) is 14.3 Å². The first-order chi connectivity index (χ1) is 18.3. The lowest BCUT2D eigenvalue weighted by molar-refractivity contribution is -0.208. The molecule has 2 N–H and O–H groups in total. The number of unbranched alkanes of at least 4 members (excludes halogenated alkanes) is 9. The molecule has 1 aromatic rings. The van der Waals surface area contributed by atoms with Crippen molar-refractivity contribution in [3.63, 3.8) is 0 Å². The maximum absolute atomic E-state index is 13.4. The van der Waals surface area contributed by atoms with Gasteiger partial charge in [-0.15, -0.1) is 0 Å². The Morgan fingerprint density at radius 2 is 1.61 bits per heavy atom. The highest BCUT2D eigenvalue weighted by Crippen LogP contribution is 2.50. The number of ether oxygens (including phenoxy) is 1. The maximum atomic E-state index is 13.4. The molecule has 2 aliphatic heterocycles. The molecule has 4 unspecified atom stereocenters. The number of hydrogen-bond donors (Lipinski definition) is 2.